The molecule has 1 N–H and O–H groups in total. The number of carbonyl (C=O) groups is 1. The highest BCUT2D eigenvalue weighted by Crippen LogP contribution is 2.25. The van der Waals surface area contributed by atoms with Crippen molar-refractivity contribution in [3.63, 3.8) is 0 Å². The fourth-order valence-electron chi connectivity index (χ4n) is 1.78. The molecule has 5 nitrogen and oxygen atoms in total. The number of hydrogen-bond acceptors (Lipinski definition) is 4. The molecule has 0 amide bonds. The Balaban J connectivity index is 2.52. The lowest BCUT2D eigenvalue weighted by atomic mass is 10.2. The van der Waals surface area contributed by atoms with Crippen LogP contribution in [0.15, 0.2) is 45.8 Å². The second-order valence-corrected chi connectivity index (χ2v) is 6.93. The quantitative estimate of drug-likeness (QED) is 0.791. The number of hydrogen-bond donors (Lipinski definition) is 1. The van der Waals surface area contributed by atoms with Crippen molar-refractivity contribution in [2.24, 2.45) is 0 Å². The molecular formula is C14H10BrF2NO4S. The van der Waals surface area contributed by atoms with Gasteiger partial charge in [0.05, 0.1) is 18.4 Å². The highest BCUT2D eigenvalue weighted by Gasteiger charge is 2.24. The Bertz CT molecular complexity index is 871. The van der Waals surface area contributed by atoms with E-state index in [1.54, 1.807) is 0 Å². The van der Waals surface area contributed by atoms with Gasteiger partial charge in [-0.1, -0.05) is 15.9 Å². The van der Waals surface area contributed by atoms with Gasteiger partial charge in [-0.25, -0.2) is 22.0 Å². The van der Waals surface area contributed by atoms with Gasteiger partial charge in [-0.05, 0) is 30.3 Å². The maximum atomic E-state index is 13.6. The number of rotatable bonds is 4. The molecule has 2 aromatic rings. The average Bonchev–Trinajstić information content (AvgIpc) is 2.49. The maximum Gasteiger partial charge on any atom is 0.339 e. The summed E-state index contributed by atoms with van der Waals surface area (Å²) in [6, 6.07) is 6.13. The number of nitrogens with one attached hydrogen (secondary N) is 1. The molecule has 0 aliphatic carbocycles. The minimum Gasteiger partial charge on any atom is -0.465 e. The normalized spacial score (nSPS) is 11.1. The van der Waals surface area contributed by atoms with Crippen LogP contribution in [0.4, 0.5) is 14.5 Å². The average molecular weight is 406 g/mol. The van der Waals surface area contributed by atoms with Gasteiger partial charge >= 0.3 is 5.97 Å². The van der Waals surface area contributed by atoms with Crippen LogP contribution in [0.1, 0.15) is 10.4 Å². The molecule has 0 unspecified atom stereocenters. The highest BCUT2D eigenvalue weighted by molar-refractivity contribution is 9.10. The zero-order chi connectivity index (χ0) is 17.2. The van der Waals surface area contributed by atoms with E-state index in [4.69, 9.17) is 0 Å². The van der Waals surface area contributed by atoms with Crippen molar-refractivity contribution in [1.29, 1.82) is 0 Å². The predicted octanol–water partition coefficient (Wildman–Crippen LogP) is 3.31. The van der Waals surface area contributed by atoms with Crippen molar-refractivity contribution in [2.45, 2.75) is 4.90 Å². The van der Waals surface area contributed by atoms with Gasteiger partial charge in [-0.3, -0.25) is 4.72 Å². The summed E-state index contributed by atoms with van der Waals surface area (Å²) in [4.78, 5) is 11.3. The Hall–Kier alpha value is -2.00. The highest BCUT2D eigenvalue weighted by atomic mass is 79.9. The monoisotopic (exact) mass is 405 g/mol. The molecule has 0 saturated heterocycles. The van der Waals surface area contributed by atoms with Gasteiger partial charge in [-0.2, -0.15) is 0 Å². The van der Waals surface area contributed by atoms with Crippen LogP contribution in [0.2, 0.25) is 0 Å². The number of halogens is 3. The summed E-state index contributed by atoms with van der Waals surface area (Å²) in [5, 5.41) is 0. The molecule has 9 heteroatoms. The minimum atomic E-state index is -4.33. The Morgan fingerprint density at radius 3 is 2.52 bits per heavy atom. The SMILES string of the molecule is COC(=O)c1cc(Br)ccc1S(=O)(=O)Nc1cc(F)ccc1F. The van der Waals surface area contributed by atoms with Gasteiger partial charge in [-0.15, -0.1) is 0 Å². The van der Waals surface area contributed by atoms with E-state index in [-0.39, 0.29) is 5.56 Å². The smallest absolute Gasteiger partial charge is 0.339 e. The minimum absolute atomic E-state index is 0.244. The fraction of sp³-hybridized carbons (Fsp3) is 0.0714. The molecule has 0 saturated carbocycles. The van der Waals surface area contributed by atoms with Gasteiger partial charge in [0.2, 0.25) is 0 Å². The van der Waals surface area contributed by atoms with E-state index < -0.39 is 38.2 Å². The Morgan fingerprint density at radius 1 is 1.17 bits per heavy atom. The summed E-state index contributed by atoms with van der Waals surface area (Å²) in [5.41, 5.74) is -0.810. The number of esters is 1. The van der Waals surface area contributed by atoms with Crippen molar-refractivity contribution in [3.05, 3.63) is 58.1 Å². The molecule has 23 heavy (non-hydrogen) atoms. The summed E-state index contributed by atoms with van der Waals surface area (Å²) in [7, 11) is -3.24. The number of ether oxygens (including phenoxy) is 1. The van der Waals surface area contributed by atoms with E-state index in [0.29, 0.717) is 10.5 Å². The Labute approximate surface area is 139 Å². The lowest BCUT2D eigenvalue weighted by Crippen LogP contribution is -2.18. The molecule has 0 aliphatic rings. The van der Waals surface area contributed by atoms with Crippen molar-refractivity contribution < 1.29 is 26.7 Å². The van der Waals surface area contributed by atoms with Gasteiger partial charge in [0, 0.05) is 10.5 Å². The number of methoxy groups -OCH3 is 1. The number of anilines is 1. The second-order valence-electron chi connectivity index (χ2n) is 4.36. The molecule has 0 atom stereocenters. The molecule has 2 rings (SSSR count). The molecule has 122 valence electrons. The summed E-state index contributed by atoms with van der Waals surface area (Å²) >= 11 is 3.12. The third kappa shape index (κ3) is 3.85. The zero-order valence-electron chi connectivity index (χ0n) is 11.6. The number of carbonyl (C=O) groups excluding carboxylic acids is 1. The van der Waals surface area contributed by atoms with Gasteiger partial charge in [0.15, 0.2) is 0 Å². The molecule has 0 bridgehead atoms. The molecule has 0 aliphatic heterocycles. The summed E-state index contributed by atoms with van der Waals surface area (Å²) in [5.74, 6) is -2.65. The van der Waals surface area contributed by atoms with Gasteiger partial charge in [0.25, 0.3) is 10.0 Å². The first-order valence-electron chi connectivity index (χ1n) is 6.10. The van der Waals surface area contributed by atoms with Crippen LogP contribution in [-0.4, -0.2) is 21.5 Å². The topological polar surface area (TPSA) is 72.5 Å². The van der Waals surface area contributed by atoms with Crippen molar-refractivity contribution in [1.82, 2.24) is 0 Å². The van der Waals surface area contributed by atoms with E-state index in [2.05, 4.69) is 20.7 Å². The Morgan fingerprint density at radius 2 is 1.87 bits per heavy atom. The van der Waals surface area contributed by atoms with Crippen LogP contribution in [-0.2, 0) is 14.8 Å². The van der Waals surface area contributed by atoms with E-state index >= 15 is 0 Å². The van der Waals surface area contributed by atoms with Gasteiger partial charge in [0.1, 0.15) is 16.5 Å². The third-order valence-electron chi connectivity index (χ3n) is 2.81. The van der Waals surface area contributed by atoms with Crippen LogP contribution >= 0.6 is 15.9 Å². The van der Waals surface area contributed by atoms with E-state index in [1.165, 1.54) is 12.1 Å². The summed E-state index contributed by atoms with van der Waals surface area (Å²) in [6.45, 7) is 0. The van der Waals surface area contributed by atoms with Crippen molar-refractivity contribution in [2.75, 3.05) is 11.8 Å². The summed E-state index contributed by atoms with van der Waals surface area (Å²) in [6.07, 6.45) is 0. The van der Waals surface area contributed by atoms with Crippen LogP contribution < -0.4 is 4.72 Å². The van der Waals surface area contributed by atoms with Crippen LogP contribution in [0.5, 0.6) is 0 Å². The molecule has 0 radical (unpaired) electrons. The first-order chi connectivity index (χ1) is 10.7. The third-order valence-corrected chi connectivity index (χ3v) is 4.73. The fourth-order valence-corrected chi connectivity index (χ4v) is 3.38. The van der Waals surface area contributed by atoms with E-state index in [1.807, 2.05) is 4.72 Å². The summed E-state index contributed by atoms with van der Waals surface area (Å²) < 4.78 is 58.5. The lowest BCUT2D eigenvalue weighted by molar-refractivity contribution is 0.0596. The van der Waals surface area contributed by atoms with E-state index in [0.717, 1.165) is 25.3 Å². The van der Waals surface area contributed by atoms with E-state index in [9.17, 15) is 22.0 Å². The molecule has 0 heterocycles. The Kier molecular flexibility index (Phi) is 5.00. The largest absolute Gasteiger partial charge is 0.465 e. The zero-order valence-corrected chi connectivity index (χ0v) is 14.0. The predicted molar refractivity (Wildman–Crippen MR) is 82.6 cm³/mol. The standard InChI is InChI=1S/C14H10BrF2NO4S/c1-22-14(19)10-6-8(15)2-5-13(10)23(20,21)18-12-7-9(16)3-4-11(12)17/h2-7,18H,1H3. The second kappa shape index (κ2) is 6.63. The number of benzene rings is 2. The van der Waals surface area contributed by atoms with Crippen LogP contribution in [0, 0.1) is 11.6 Å². The van der Waals surface area contributed by atoms with Crippen molar-refractivity contribution >= 4 is 37.6 Å². The van der Waals surface area contributed by atoms with Crippen LogP contribution in [0.3, 0.4) is 0 Å². The molecule has 0 aromatic heterocycles. The first-order valence-corrected chi connectivity index (χ1v) is 8.38. The van der Waals surface area contributed by atoms with Crippen molar-refractivity contribution in [3.8, 4) is 0 Å². The number of sulfonamides is 1. The van der Waals surface area contributed by atoms with Crippen LogP contribution in [0.25, 0.3) is 0 Å². The first kappa shape index (κ1) is 17.4. The molecular weight excluding hydrogens is 396 g/mol. The molecule has 0 fully saturated rings. The molecule has 0 spiro atoms. The molecule has 2 aromatic carbocycles. The lowest BCUT2D eigenvalue weighted by Gasteiger charge is -2.12. The van der Waals surface area contributed by atoms with Gasteiger partial charge < -0.3 is 4.74 Å². The maximum absolute atomic E-state index is 13.6.